The van der Waals surface area contributed by atoms with Gasteiger partial charge in [-0.25, -0.2) is 0 Å². The zero-order valence-corrected chi connectivity index (χ0v) is 25.7. The first kappa shape index (κ1) is 26.8. The molecule has 0 saturated carbocycles. The third-order valence-electron chi connectivity index (χ3n) is 9.91. The van der Waals surface area contributed by atoms with Gasteiger partial charge in [-0.1, -0.05) is 140 Å². The number of hydrogen-bond donors (Lipinski definition) is 0. The second-order valence-electron chi connectivity index (χ2n) is 12.5. The molecule has 0 bridgehead atoms. The molecule has 0 N–H and O–H groups in total. The Morgan fingerprint density at radius 1 is 0.652 bits per heavy atom. The van der Waals surface area contributed by atoms with Gasteiger partial charge in [-0.15, -0.1) is 0 Å². The Kier molecular flexibility index (Phi) is 6.28. The number of aromatic nitrogens is 1. The molecule has 0 saturated heterocycles. The summed E-state index contributed by atoms with van der Waals surface area (Å²) in [6, 6.07) is 52.6. The minimum absolute atomic E-state index is 0.215. The van der Waals surface area contributed by atoms with Crippen LogP contribution in [0.5, 0.6) is 0 Å². The van der Waals surface area contributed by atoms with Crippen molar-refractivity contribution in [3.05, 3.63) is 180 Å². The normalized spacial score (nSPS) is 15.0. The van der Waals surface area contributed by atoms with Gasteiger partial charge < -0.3 is 8.98 Å². The second-order valence-corrected chi connectivity index (χ2v) is 12.5. The molecule has 2 atom stereocenters. The van der Waals surface area contributed by atoms with Crippen LogP contribution in [0.2, 0.25) is 0 Å². The van der Waals surface area contributed by atoms with Crippen LogP contribution < -0.4 is 0 Å². The zero-order chi connectivity index (χ0) is 30.6. The van der Waals surface area contributed by atoms with Gasteiger partial charge in [-0.3, -0.25) is 0 Å². The standard InChI is InChI=1S/C44H33NO/c1-29(30-13-4-2-5-14-30)32-23-25-34(31-15-6-3-7-16-31)40(27-32)45-39-20-10-8-17-36(39)37-26-24-33(28-41(37)45)35-19-12-22-43-44(35)38-18-9-11-21-42(38)46-43/h2-27,29,33H,28H2,1H3. The van der Waals surface area contributed by atoms with Crippen LogP contribution in [-0.2, 0) is 6.42 Å². The fourth-order valence-electron chi connectivity index (χ4n) is 7.59. The van der Waals surface area contributed by atoms with E-state index in [4.69, 9.17) is 4.42 Å². The van der Waals surface area contributed by atoms with Crippen LogP contribution in [-0.4, -0.2) is 4.57 Å². The van der Waals surface area contributed by atoms with Gasteiger partial charge in [0.15, 0.2) is 0 Å². The van der Waals surface area contributed by atoms with E-state index in [1.165, 1.54) is 66.4 Å². The first-order valence-corrected chi connectivity index (χ1v) is 16.2. The highest BCUT2D eigenvalue weighted by molar-refractivity contribution is 6.07. The molecule has 1 aliphatic carbocycles. The van der Waals surface area contributed by atoms with Crippen molar-refractivity contribution in [2.45, 2.75) is 25.2 Å². The summed E-state index contributed by atoms with van der Waals surface area (Å²) in [5.41, 5.74) is 13.4. The molecule has 220 valence electrons. The molecule has 1 aliphatic rings. The van der Waals surface area contributed by atoms with E-state index in [1.54, 1.807) is 0 Å². The number of nitrogens with zero attached hydrogens (tertiary/aromatic N) is 1. The van der Waals surface area contributed by atoms with Crippen LogP contribution in [0.25, 0.3) is 55.7 Å². The molecule has 2 heteroatoms. The van der Waals surface area contributed by atoms with Crippen molar-refractivity contribution in [2.75, 3.05) is 0 Å². The van der Waals surface area contributed by atoms with Gasteiger partial charge in [0.2, 0.25) is 0 Å². The van der Waals surface area contributed by atoms with Crippen molar-refractivity contribution in [3.8, 4) is 16.8 Å². The molecule has 8 aromatic rings. The summed E-state index contributed by atoms with van der Waals surface area (Å²) in [5.74, 6) is 0.480. The van der Waals surface area contributed by atoms with Gasteiger partial charge in [-0.05, 0) is 52.9 Å². The maximum atomic E-state index is 6.30. The highest BCUT2D eigenvalue weighted by atomic mass is 16.3. The third-order valence-corrected chi connectivity index (χ3v) is 9.91. The van der Waals surface area contributed by atoms with E-state index in [0.717, 1.165) is 17.6 Å². The molecule has 9 rings (SSSR count). The Hall–Kier alpha value is -5.60. The topological polar surface area (TPSA) is 18.1 Å². The Bertz CT molecular complexity index is 2410. The highest BCUT2D eigenvalue weighted by Gasteiger charge is 2.27. The summed E-state index contributed by atoms with van der Waals surface area (Å²) in [6.07, 6.45) is 5.66. The average molecular weight is 592 g/mol. The van der Waals surface area contributed by atoms with Crippen LogP contribution in [0.3, 0.4) is 0 Å². The van der Waals surface area contributed by atoms with Crippen LogP contribution in [0.4, 0.5) is 0 Å². The Morgan fingerprint density at radius 2 is 1.37 bits per heavy atom. The van der Waals surface area contributed by atoms with Crippen LogP contribution >= 0.6 is 0 Å². The summed E-state index contributed by atoms with van der Waals surface area (Å²) in [6.45, 7) is 2.31. The first-order valence-electron chi connectivity index (χ1n) is 16.2. The first-order chi connectivity index (χ1) is 22.7. The van der Waals surface area contributed by atoms with Gasteiger partial charge in [-0.2, -0.15) is 0 Å². The van der Waals surface area contributed by atoms with E-state index >= 15 is 0 Å². The van der Waals surface area contributed by atoms with E-state index in [0.29, 0.717) is 0 Å². The fourth-order valence-corrected chi connectivity index (χ4v) is 7.59. The molecule has 0 radical (unpaired) electrons. The molecule has 0 fully saturated rings. The SMILES string of the molecule is CC(c1ccccc1)c1ccc(-c2ccccc2)c(-n2c3c(c4ccccc42)C=CC(c2cccc4oc5ccccc5c24)C3)c1. The molecule has 46 heavy (non-hydrogen) atoms. The lowest BCUT2D eigenvalue weighted by Gasteiger charge is -2.24. The van der Waals surface area contributed by atoms with Crippen molar-refractivity contribution < 1.29 is 4.42 Å². The smallest absolute Gasteiger partial charge is 0.135 e. The van der Waals surface area contributed by atoms with Crippen molar-refractivity contribution in [1.29, 1.82) is 0 Å². The van der Waals surface area contributed by atoms with Crippen LogP contribution in [0.1, 0.15) is 46.7 Å². The summed E-state index contributed by atoms with van der Waals surface area (Å²) in [7, 11) is 0. The van der Waals surface area contributed by atoms with E-state index in [9.17, 15) is 0 Å². The van der Waals surface area contributed by atoms with Crippen molar-refractivity contribution >= 4 is 38.9 Å². The van der Waals surface area contributed by atoms with Gasteiger partial charge in [0, 0.05) is 44.8 Å². The molecule has 0 spiro atoms. The minimum Gasteiger partial charge on any atom is -0.456 e. The minimum atomic E-state index is 0.215. The number of rotatable bonds is 5. The maximum absolute atomic E-state index is 6.30. The second kappa shape index (κ2) is 10.8. The monoisotopic (exact) mass is 591 g/mol. The van der Waals surface area contributed by atoms with Crippen LogP contribution in [0, 0.1) is 0 Å². The molecule has 6 aromatic carbocycles. The number of allylic oxidation sites excluding steroid dienone is 1. The molecule has 0 aliphatic heterocycles. The summed E-state index contributed by atoms with van der Waals surface area (Å²) in [4.78, 5) is 0. The third kappa shape index (κ3) is 4.25. The predicted molar refractivity (Wildman–Crippen MR) is 192 cm³/mol. The van der Waals surface area contributed by atoms with Crippen molar-refractivity contribution in [3.63, 3.8) is 0 Å². The van der Waals surface area contributed by atoms with Crippen molar-refractivity contribution in [2.24, 2.45) is 0 Å². The Morgan fingerprint density at radius 3 is 2.22 bits per heavy atom. The molecule has 2 nitrogen and oxygen atoms in total. The largest absolute Gasteiger partial charge is 0.456 e. The fraction of sp³-hybridized carbons (Fsp3) is 0.0909. The van der Waals surface area contributed by atoms with Gasteiger partial charge in [0.05, 0.1) is 11.2 Å². The summed E-state index contributed by atoms with van der Waals surface area (Å²) >= 11 is 0. The number of furan rings is 1. The molecule has 2 unspecified atom stereocenters. The van der Waals surface area contributed by atoms with Gasteiger partial charge in [0.25, 0.3) is 0 Å². The van der Waals surface area contributed by atoms with Gasteiger partial charge >= 0.3 is 0 Å². The van der Waals surface area contributed by atoms with Crippen LogP contribution in [0.15, 0.2) is 156 Å². The molecule has 2 aromatic heterocycles. The van der Waals surface area contributed by atoms with Gasteiger partial charge in [0.1, 0.15) is 11.2 Å². The lowest BCUT2D eigenvalue weighted by atomic mass is 9.85. The average Bonchev–Trinajstić information content (AvgIpc) is 3.67. The summed E-state index contributed by atoms with van der Waals surface area (Å²) in [5, 5.41) is 3.70. The zero-order valence-electron chi connectivity index (χ0n) is 25.7. The molecule has 2 heterocycles. The summed E-state index contributed by atoms with van der Waals surface area (Å²) < 4.78 is 8.86. The number of benzene rings is 6. The number of hydrogen-bond acceptors (Lipinski definition) is 1. The lowest BCUT2D eigenvalue weighted by molar-refractivity contribution is 0.668. The predicted octanol–water partition coefficient (Wildman–Crippen LogP) is 11.7. The number of fused-ring (bicyclic) bond motifs is 6. The molecule has 0 amide bonds. The Labute approximate surface area is 268 Å². The van der Waals surface area contributed by atoms with Crippen molar-refractivity contribution in [1.82, 2.24) is 4.57 Å². The maximum Gasteiger partial charge on any atom is 0.135 e. The highest BCUT2D eigenvalue weighted by Crippen LogP contribution is 2.43. The molecular formula is C44H33NO. The van der Waals surface area contributed by atoms with E-state index in [1.807, 2.05) is 6.07 Å². The van der Waals surface area contributed by atoms with E-state index < -0.39 is 0 Å². The quantitative estimate of drug-likeness (QED) is 0.195. The lowest BCUT2D eigenvalue weighted by Crippen LogP contribution is -2.11. The molecular weight excluding hydrogens is 558 g/mol. The number of para-hydroxylation sites is 2. The van der Waals surface area contributed by atoms with E-state index in [-0.39, 0.29) is 11.8 Å². The van der Waals surface area contributed by atoms with E-state index in [2.05, 4.69) is 163 Å². The Balaban J connectivity index is 1.27.